The van der Waals surface area contributed by atoms with Crippen LogP contribution in [0.4, 0.5) is 5.82 Å². The summed E-state index contributed by atoms with van der Waals surface area (Å²) in [5.74, 6) is 0.849. The Bertz CT molecular complexity index is 1940. The Labute approximate surface area is 236 Å². The van der Waals surface area contributed by atoms with Crippen molar-refractivity contribution in [2.75, 3.05) is 5.73 Å². The number of hydrogen-bond donors (Lipinski definition) is 1. The summed E-state index contributed by atoms with van der Waals surface area (Å²) in [5.41, 5.74) is 11.5. The third kappa shape index (κ3) is 4.43. The molecule has 11 heteroatoms. The lowest BCUT2D eigenvalue weighted by molar-refractivity contribution is 0.232. The summed E-state index contributed by atoms with van der Waals surface area (Å²) >= 11 is 1.54. The quantitative estimate of drug-likeness (QED) is 0.280. The molecule has 0 radical (unpaired) electrons. The number of thiazole rings is 1. The van der Waals surface area contributed by atoms with E-state index in [1.807, 2.05) is 74.2 Å². The van der Waals surface area contributed by atoms with Crippen molar-refractivity contribution in [2.24, 2.45) is 0 Å². The van der Waals surface area contributed by atoms with Crippen molar-refractivity contribution < 1.29 is 4.74 Å². The SMILES string of the molecule is Cc1csc2cc([C@H](C)n3nc(-c4ccc(OC(C)C)nc4)c4c(N)ncnc43)c(-c3cccc(P)c3)c(=O)n12. The summed E-state index contributed by atoms with van der Waals surface area (Å²) in [6.07, 6.45) is 3.16. The second kappa shape index (κ2) is 10.1. The minimum Gasteiger partial charge on any atom is -0.475 e. The minimum absolute atomic E-state index is 0.0121. The fraction of sp³-hybridized carbons (Fsp3) is 0.207. The van der Waals surface area contributed by atoms with Crippen LogP contribution in [0.25, 0.3) is 38.2 Å². The maximum absolute atomic E-state index is 14.0. The molecule has 1 aromatic carbocycles. The number of nitrogens with two attached hydrogens (primary N) is 1. The molecule has 0 aliphatic heterocycles. The van der Waals surface area contributed by atoms with E-state index in [0.717, 1.165) is 32.5 Å². The van der Waals surface area contributed by atoms with Gasteiger partial charge in [0.15, 0.2) is 5.65 Å². The van der Waals surface area contributed by atoms with Crippen LogP contribution in [-0.4, -0.2) is 35.2 Å². The molecule has 6 aromatic rings. The average molecular weight is 570 g/mol. The van der Waals surface area contributed by atoms with Crippen LogP contribution in [0.15, 0.2) is 65.2 Å². The van der Waals surface area contributed by atoms with E-state index in [2.05, 4.69) is 30.3 Å². The zero-order valence-corrected chi connectivity index (χ0v) is 24.5. The molecule has 0 aliphatic rings. The number of aromatic nitrogens is 6. The molecule has 0 spiro atoms. The molecule has 40 heavy (non-hydrogen) atoms. The lowest BCUT2D eigenvalue weighted by atomic mass is 9.97. The first-order chi connectivity index (χ1) is 19.2. The van der Waals surface area contributed by atoms with Crippen molar-refractivity contribution in [1.29, 1.82) is 0 Å². The Hall–Kier alpha value is -4.14. The highest BCUT2D eigenvalue weighted by Crippen LogP contribution is 2.36. The van der Waals surface area contributed by atoms with E-state index in [9.17, 15) is 4.79 Å². The van der Waals surface area contributed by atoms with Gasteiger partial charge in [0.05, 0.1) is 23.1 Å². The summed E-state index contributed by atoms with van der Waals surface area (Å²) in [7, 11) is 2.71. The lowest BCUT2D eigenvalue weighted by Crippen LogP contribution is -2.21. The van der Waals surface area contributed by atoms with E-state index in [1.165, 1.54) is 17.7 Å². The van der Waals surface area contributed by atoms with Gasteiger partial charge in [-0.05, 0) is 62.3 Å². The number of pyridine rings is 2. The van der Waals surface area contributed by atoms with Gasteiger partial charge in [0, 0.05) is 28.9 Å². The number of benzene rings is 1. The van der Waals surface area contributed by atoms with E-state index in [1.54, 1.807) is 10.6 Å². The van der Waals surface area contributed by atoms with Crippen molar-refractivity contribution in [3.05, 3.63) is 82.0 Å². The monoisotopic (exact) mass is 569 g/mol. The Morgan fingerprint density at radius 2 is 1.88 bits per heavy atom. The second-order valence-electron chi connectivity index (χ2n) is 9.93. The first kappa shape index (κ1) is 26.1. The van der Waals surface area contributed by atoms with E-state index in [0.29, 0.717) is 34.0 Å². The largest absolute Gasteiger partial charge is 0.475 e. The fourth-order valence-corrected chi connectivity index (χ4v) is 6.18. The van der Waals surface area contributed by atoms with Crippen LogP contribution in [0.3, 0.4) is 0 Å². The summed E-state index contributed by atoms with van der Waals surface area (Å²) in [6.45, 7) is 7.87. The highest BCUT2D eigenvalue weighted by Gasteiger charge is 2.25. The molecule has 5 aromatic heterocycles. The number of hydrogen-bond acceptors (Lipinski definition) is 8. The average Bonchev–Trinajstić information content (AvgIpc) is 3.50. The zero-order chi connectivity index (χ0) is 28.1. The van der Waals surface area contributed by atoms with Crippen LogP contribution in [0.1, 0.15) is 38.1 Å². The van der Waals surface area contributed by atoms with Gasteiger partial charge in [-0.2, -0.15) is 5.10 Å². The van der Waals surface area contributed by atoms with Crippen molar-refractivity contribution in [1.82, 2.24) is 29.1 Å². The summed E-state index contributed by atoms with van der Waals surface area (Å²) in [5, 5.41) is 8.62. The standard InChI is InChI=1S/C29H28N7O2PS/c1-15(2)38-22-9-8-19(12-31-22)26-25-27(30)32-14-33-28(25)36(34-26)17(4)21-11-23-35(16(3)13-40-23)29(37)24(21)18-6-5-7-20(39)10-18/h5-15,17H,39H2,1-4H3,(H2,30,32,33)/t17-/m0/s1. The number of rotatable bonds is 6. The van der Waals surface area contributed by atoms with Crippen molar-refractivity contribution in [2.45, 2.75) is 39.8 Å². The third-order valence-electron chi connectivity index (χ3n) is 6.78. The molecule has 6 rings (SSSR count). The normalized spacial score (nSPS) is 12.4. The first-order valence-electron chi connectivity index (χ1n) is 12.8. The van der Waals surface area contributed by atoms with E-state index >= 15 is 0 Å². The Morgan fingerprint density at radius 3 is 2.60 bits per heavy atom. The molecule has 9 nitrogen and oxygen atoms in total. The topological polar surface area (TPSA) is 113 Å². The number of nitrogens with zero attached hydrogens (tertiary/aromatic N) is 6. The van der Waals surface area contributed by atoms with Crippen LogP contribution in [0.2, 0.25) is 0 Å². The van der Waals surface area contributed by atoms with E-state index in [4.69, 9.17) is 15.6 Å². The predicted molar refractivity (Wildman–Crippen MR) is 164 cm³/mol. The van der Waals surface area contributed by atoms with Crippen molar-refractivity contribution in [3.63, 3.8) is 0 Å². The van der Waals surface area contributed by atoms with Crippen LogP contribution >= 0.6 is 20.6 Å². The number of anilines is 1. The molecule has 5 heterocycles. The van der Waals surface area contributed by atoms with Gasteiger partial charge in [0.1, 0.15) is 22.7 Å². The molecule has 0 bridgehead atoms. The number of fused-ring (bicyclic) bond motifs is 2. The maximum atomic E-state index is 14.0. The summed E-state index contributed by atoms with van der Waals surface area (Å²) in [6, 6.07) is 13.3. The maximum Gasteiger partial charge on any atom is 0.264 e. The molecule has 202 valence electrons. The van der Waals surface area contributed by atoms with Crippen LogP contribution in [0, 0.1) is 6.92 Å². The lowest BCUT2D eigenvalue weighted by Gasteiger charge is -2.18. The van der Waals surface area contributed by atoms with E-state index in [-0.39, 0.29) is 17.7 Å². The highest BCUT2D eigenvalue weighted by molar-refractivity contribution is 7.27. The molecule has 0 saturated heterocycles. The van der Waals surface area contributed by atoms with Gasteiger partial charge in [-0.15, -0.1) is 20.6 Å². The first-order valence-corrected chi connectivity index (χ1v) is 14.3. The molecule has 2 atom stereocenters. The molecular weight excluding hydrogens is 541 g/mol. The Kier molecular flexibility index (Phi) is 6.60. The Morgan fingerprint density at radius 1 is 1.05 bits per heavy atom. The van der Waals surface area contributed by atoms with Gasteiger partial charge in [-0.1, -0.05) is 18.2 Å². The second-order valence-corrected chi connectivity index (χ2v) is 11.5. The number of nitrogen functional groups attached to an aromatic ring is 1. The van der Waals surface area contributed by atoms with Crippen LogP contribution < -0.4 is 21.3 Å². The molecule has 2 N–H and O–H groups in total. The predicted octanol–water partition coefficient (Wildman–Crippen LogP) is 5.02. The smallest absolute Gasteiger partial charge is 0.264 e. The van der Waals surface area contributed by atoms with Gasteiger partial charge in [-0.25, -0.2) is 19.6 Å². The van der Waals surface area contributed by atoms with Gasteiger partial charge in [-0.3, -0.25) is 9.20 Å². The molecular formula is C29H28N7O2PS. The van der Waals surface area contributed by atoms with Gasteiger partial charge >= 0.3 is 0 Å². The van der Waals surface area contributed by atoms with Gasteiger partial charge < -0.3 is 10.5 Å². The number of ether oxygens (including phenoxy) is 1. The van der Waals surface area contributed by atoms with E-state index < -0.39 is 0 Å². The minimum atomic E-state index is -0.356. The number of aryl methyl sites for hydroxylation is 1. The van der Waals surface area contributed by atoms with Crippen LogP contribution in [0.5, 0.6) is 5.88 Å². The molecule has 0 fully saturated rings. The highest BCUT2D eigenvalue weighted by atomic mass is 32.1. The van der Waals surface area contributed by atoms with Gasteiger partial charge in [0.25, 0.3) is 5.56 Å². The molecule has 0 saturated carbocycles. The summed E-state index contributed by atoms with van der Waals surface area (Å²) in [4.78, 5) is 28.1. The van der Waals surface area contributed by atoms with Crippen molar-refractivity contribution in [3.8, 4) is 28.3 Å². The fourth-order valence-electron chi connectivity index (χ4n) is 4.97. The third-order valence-corrected chi connectivity index (χ3v) is 8.14. The molecule has 1 unspecified atom stereocenters. The molecule has 0 aliphatic carbocycles. The Balaban J connectivity index is 1.57. The van der Waals surface area contributed by atoms with Gasteiger partial charge in [0.2, 0.25) is 5.88 Å². The van der Waals surface area contributed by atoms with Crippen molar-refractivity contribution >= 4 is 47.6 Å². The van der Waals surface area contributed by atoms with Crippen LogP contribution in [-0.2, 0) is 0 Å². The molecule has 0 amide bonds. The zero-order valence-electron chi connectivity index (χ0n) is 22.5. The summed E-state index contributed by atoms with van der Waals surface area (Å²) < 4.78 is 9.30.